The molecule has 0 spiro atoms. The molecule has 1 aliphatic carbocycles. The second kappa shape index (κ2) is 4.43. The lowest BCUT2D eigenvalue weighted by Gasteiger charge is -2.38. The number of rotatable bonds is 1. The Morgan fingerprint density at radius 3 is 2.67 bits per heavy atom. The summed E-state index contributed by atoms with van der Waals surface area (Å²) in [6.45, 7) is 6.99. The van der Waals surface area contributed by atoms with Crippen molar-refractivity contribution in [2.24, 2.45) is 5.41 Å². The number of carbonyl (C=O) groups excluding carboxylic acids is 1. The van der Waals surface area contributed by atoms with Crippen LogP contribution in [-0.2, 0) is 9.47 Å². The molecule has 0 aromatic carbocycles. The van der Waals surface area contributed by atoms with E-state index in [9.17, 15) is 10.1 Å². The molecule has 1 atom stereocenters. The van der Waals surface area contributed by atoms with Gasteiger partial charge in [-0.1, -0.05) is 0 Å². The largest absolute Gasteiger partial charge is 0.444 e. The molecule has 0 bridgehead atoms. The maximum atomic E-state index is 12.2. The van der Waals surface area contributed by atoms with Gasteiger partial charge in [0, 0.05) is 6.54 Å². The van der Waals surface area contributed by atoms with Crippen molar-refractivity contribution in [3.05, 3.63) is 0 Å². The van der Waals surface area contributed by atoms with Crippen LogP contribution in [0.2, 0.25) is 0 Å². The van der Waals surface area contributed by atoms with Crippen LogP contribution in [0.5, 0.6) is 0 Å². The van der Waals surface area contributed by atoms with Crippen molar-refractivity contribution in [1.82, 2.24) is 4.90 Å². The molecular weight excluding hydrogens is 232 g/mol. The number of nitrogens with zero attached hydrogens (tertiary/aromatic N) is 2. The number of nitriles is 1. The topological polar surface area (TPSA) is 62.6 Å². The molecule has 1 saturated heterocycles. The predicted molar refractivity (Wildman–Crippen MR) is 64.8 cm³/mol. The lowest BCUT2D eigenvalue weighted by Crippen LogP contribution is -2.54. The Morgan fingerprint density at radius 1 is 1.50 bits per heavy atom. The molecule has 1 aliphatic heterocycles. The molecule has 0 aromatic heterocycles. The maximum Gasteiger partial charge on any atom is 0.410 e. The van der Waals surface area contributed by atoms with Crippen LogP contribution in [0.25, 0.3) is 0 Å². The molecule has 2 aliphatic rings. The summed E-state index contributed by atoms with van der Waals surface area (Å²) in [7, 11) is 0. The van der Waals surface area contributed by atoms with Gasteiger partial charge in [0.1, 0.15) is 5.60 Å². The second-order valence-electron chi connectivity index (χ2n) is 6.03. The fourth-order valence-corrected chi connectivity index (χ4v) is 2.25. The Morgan fingerprint density at radius 2 is 2.17 bits per heavy atom. The standard InChI is InChI=1S/C13H20N2O3/c1-12(2,3)18-11(16)15-6-7-17-8-10(15)13(9-14)4-5-13/h10H,4-8H2,1-3H3. The van der Waals surface area contributed by atoms with E-state index >= 15 is 0 Å². The fourth-order valence-electron chi connectivity index (χ4n) is 2.25. The Labute approximate surface area is 108 Å². The zero-order chi connectivity index (χ0) is 13.4. The highest BCUT2D eigenvalue weighted by Gasteiger charge is 2.54. The van der Waals surface area contributed by atoms with Gasteiger partial charge >= 0.3 is 6.09 Å². The highest BCUT2D eigenvalue weighted by molar-refractivity contribution is 5.69. The Kier molecular flexibility index (Phi) is 3.24. The van der Waals surface area contributed by atoms with E-state index in [1.807, 2.05) is 20.8 Å². The van der Waals surface area contributed by atoms with Crippen molar-refractivity contribution >= 4 is 6.09 Å². The molecule has 1 amide bonds. The van der Waals surface area contributed by atoms with Crippen molar-refractivity contribution < 1.29 is 14.3 Å². The quantitative estimate of drug-likeness (QED) is 0.715. The molecule has 1 unspecified atom stereocenters. The van der Waals surface area contributed by atoms with Crippen molar-refractivity contribution in [2.45, 2.75) is 45.3 Å². The minimum Gasteiger partial charge on any atom is -0.444 e. The number of ether oxygens (including phenoxy) is 2. The highest BCUT2D eigenvalue weighted by atomic mass is 16.6. The van der Waals surface area contributed by atoms with Crippen molar-refractivity contribution in [2.75, 3.05) is 19.8 Å². The molecule has 1 heterocycles. The van der Waals surface area contributed by atoms with Crippen LogP contribution in [0.4, 0.5) is 4.79 Å². The molecule has 5 heteroatoms. The minimum atomic E-state index is -0.511. The molecule has 0 radical (unpaired) electrons. The maximum absolute atomic E-state index is 12.2. The van der Waals surface area contributed by atoms with Gasteiger partial charge in [0.15, 0.2) is 0 Å². The smallest absolute Gasteiger partial charge is 0.410 e. The molecule has 0 N–H and O–H groups in total. The van der Waals surface area contributed by atoms with Crippen molar-refractivity contribution in [3.8, 4) is 6.07 Å². The van der Waals surface area contributed by atoms with Crippen LogP contribution in [0.15, 0.2) is 0 Å². The highest BCUT2D eigenvalue weighted by Crippen LogP contribution is 2.50. The van der Waals surface area contributed by atoms with Crippen LogP contribution >= 0.6 is 0 Å². The van der Waals surface area contributed by atoms with E-state index in [2.05, 4.69) is 6.07 Å². The van der Waals surface area contributed by atoms with Gasteiger partial charge < -0.3 is 9.47 Å². The number of amides is 1. The number of hydrogen-bond acceptors (Lipinski definition) is 4. The third-order valence-electron chi connectivity index (χ3n) is 3.41. The first-order chi connectivity index (χ1) is 8.38. The average molecular weight is 252 g/mol. The van der Waals surface area contributed by atoms with Gasteiger partial charge in [-0.05, 0) is 33.6 Å². The third-order valence-corrected chi connectivity index (χ3v) is 3.41. The van der Waals surface area contributed by atoms with Crippen LogP contribution in [0.3, 0.4) is 0 Å². The molecule has 0 aromatic rings. The normalized spacial score (nSPS) is 26.3. The van der Waals surface area contributed by atoms with Crippen molar-refractivity contribution in [1.29, 1.82) is 5.26 Å². The summed E-state index contributed by atoms with van der Waals surface area (Å²) in [4.78, 5) is 13.8. The van der Waals surface area contributed by atoms with E-state index in [4.69, 9.17) is 9.47 Å². The van der Waals surface area contributed by atoms with E-state index in [-0.39, 0.29) is 12.1 Å². The molecule has 100 valence electrons. The predicted octanol–water partition coefficient (Wildman–Crippen LogP) is 1.93. The minimum absolute atomic E-state index is 0.161. The first-order valence-electron chi connectivity index (χ1n) is 6.37. The van der Waals surface area contributed by atoms with Crippen LogP contribution < -0.4 is 0 Å². The average Bonchev–Trinajstić information content (AvgIpc) is 3.07. The second-order valence-corrected chi connectivity index (χ2v) is 6.03. The lowest BCUT2D eigenvalue weighted by atomic mass is 9.96. The summed E-state index contributed by atoms with van der Waals surface area (Å²) in [5, 5.41) is 9.26. The number of morpholine rings is 1. The van der Waals surface area contributed by atoms with Crippen LogP contribution in [0.1, 0.15) is 33.6 Å². The Hall–Kier alpha value is -1.28. The van der Waals surface area contributed by atoms with Gasteiger partial charge in [-0.2, -0.15) is 5.26 Å². The summed E-state index contributed by atoms with van der Waals surface area (Å²) in [6, 6.07) is 2.18. The SMILES string of the molecule is CC(C)(C)OC(=O)N1CCOCC1C1(C#N)CC1. The monoisotopic (exact) mass is 252 g/mol. The van der Waals surface area contributed by atoms with Gasteiger partial charge in [0.2, 0.25) is 0 Å². The molecule has 2 rings (SSSR count). The number of hydrogen-bond donors (Lipinski definition) is 0. The van der Waals surface area contributed by atoms with E-state index in [1.165, 1.54) is 0 Å². The van der Waals surface area contributed by atoms with Crippen LogP contribution in [0, 0.1) is 16.7 Å². The zero-order valence-electron chi connectivity index (χ0n) is 11.2. The molecule has 5 nitrogen and oxygen atoms in total. The molecule has 2 fully saturated rings. The first kappa shape index (κ1) is 13.2. The molecule has 18 heavy (non-hydrogen) atoms. The summed E-state index contributed by atoms with van der Waals surface area (Å²) >= 11 is 0. The third kappa shape index (κ3) is 2.59. The summed E-state index contributed by atoms with van der Waals surface area (Å²) in [5.41, 5.74) is -0.916. The Balaban J connectivity index is 2.09. The zero-order valence-corrected chi connectivity index (χ0v) is 11.2. The van der Waals surface area contributed by atoms with Gasteiger partial charge in [-0.25, -0.2) is 4.79 Å². The lowest BCUT2D eigenvalue weighted by molar-refractivity contribution is -0.0442. The summed E-state index contributed by atoms with van der Waals surface area (Å²) in [5.74, 6) is 0. The molecular formula is C13H20N2O3. The van der Waals surface area contributed by atoms with Crippen LogP contribution in [-0.4, -0.2) is 42.4 Å². The Bertz CT molecular complexity index is 377. The van der Waals surface area contributed by atoms with Gasteiger partial charge in [-0.15, -0.1) is 0 Å². The fraction of sp³-hybridized carbons (Fsp3) is 0.846. The molecule has 1 saturated carbocycles. The first-order valence-corrected chi connectivity index (χ1v) is 6.37. The van der Waals surface area contributed by atoms with E-state index in [0.29, 0.717) is 19.8 Å². The number of carbonyl (C=O) groups is 1. The van der Waals surface area contributed by atoms with Gasteiger partial charge in [0.05, 0.1) is 30.7 Å². The van der Waals surface area contributed by atoms with Gasteiger partial charge in [0.25, 0.3) is 0 Å². The van der Waals surface area contributed by atoms with E-state index in [0.717, 1.165) is 12.8 Å². The van der Waals surface area contributed by atoms with Crippen molar-refractivity contribution in [3.63, 3.8) is 0 Å². The summed E-state index contributed by atoms with van der Waals surface area (Å²) < 4.78 is 10.8. The van der Waals surface area contributed by atoms with E-state index < -0.39 is 11.0 Å². The summed E-state index contributed by atoms with van der Waals surface area (Å²) in [6.07, 6.45) is 1.35. The van der Waals surface area contributed by atoms with E-state index in [1.54, 1.807) is 4.90 Å². The van der Waals surface area contributed by atoms with Gasteiger partial charge in [-0.3, -0.25) is 4.90 Å².